The van der Waals surface area contributed by atoms with E-state index in [1.54, 1.807) is 32.4 Å². The first kappa shape index (κ1) is 21.3. The van der Waals surface area contributed by atoms with E-state index in [2.05, 4.69) is 11.8 Å². The number of rotatable bonds is 4. The molecule has 0 spiro atoms. The van der Waals surface area contributed by atoms with Crippen LogP contribution in [0.1, 0.15) is 12.5 Å². The lowest BCUT2D eigenvalue weighted by molar-refractivity contribution is 0.414. The second-order valence-corrected chi connectivity index (χ2v) is 8.91. The average Bonchev–Trinajstić information content (AvgIpc) is 3.19. The van der Waals surface area contributed by atoms with Crippen molar-refractivity contribution in [2.75, 3.05) is 18.6 Å². The Kier molecular flexibility index (Phi) is 5.25. The molecular formula is C24H24ClN5O3. The Morgan fingerprint density at radius 2 is 1.88 bits per heavy atom. The lowest BCUT2D eigenvalue weighted by atomic mass is 10.1. The molecule has 5 rings (SSSR count). The molecule has 170 valence electrons. The maximum absolute atomic E-state index is 13.6. The molecule has 1 aliphatic rings. The predicted octanol–water partition coefficient (Wildman–Crippen LogP) is 3.39. The number of aryl methyl sites for hydroxylation is 1. The van der Waals surface area contributed by atoms with Gasteiger partial charge < -0.3 is 14.2 Å². The molecule has 0 saturated carbocycles. The summed E-state index contributed by atoms with van der Waals surface area (Å²) in [5.41, 5.74) is 1.78. The Hall–Kier alpha value is -3.52. The van der Waals surface area contributed by atoms with Crippen molar-refractivity contribution in [3.05, 3.63) is 80.0 Å². The Morgan fingerprint density at radius 1 is 1.12 bits per heavy atom. The van der Waals surface area contributed by atoms with Crippen LogP contribution in [0.5, 0.6) is 5.75 Å². The topological polar surface area (TPSA) is 74.3 Å². The Morgan fingerprint density at radius 3 is 2.58 bits per heavy atom. The van der Waals surface area contributed by atoms with Crippen molar-refractivity contribution in [1.82, 2.24) is 18.7 Å². The number of nitrogens with zero attached hydrogens (tertiary/aromatic N) is 5. The smallest absolute Gasteiger partial charge is 0.332 e. The molecule has 4 aromatic rings. The van der Waals surface area contributed by atoms with E-state index in [1.165, 1.54) is 9.13 Å². The van der Waals surface area contributed by atoms with Gasteiger partial charge in [0.2, 0.25) is 5.95 Å². The zero-order chi connectivity index (χ0) is 23.3. The van der Waals surface area contributed by atoms with Crippen LogP contribution >= 0.6 is 11.6 Å². The molecule has 0 amide bonds. The number of ether oxygens (including phenoxy) is 1. The van der Waals surface area contributed by atoms with Gasteiger partial charge in [-0.1, -0.05) is 30.7 Å². The molecule has 1 aliphatic heterocycles. The van der Waals surface area contributed by atoms with Gasteiger partial charge in [-0.3, -0.25) is 13.9 Å². The molecule has 1 atom stereocenters. The Balaban J connectivity index is 1.69. The minimum absolute atomic E-state index is 0.139. The van der Waals surface area contributed by atoms with Crippen LogP contribution in [0, 0.1) is 5.92 Å². The standard InChI is InChI=1S/C24H24ClN5O3/c1-15-12-28(18-7-9-19(33-3)10-8-18)23-26-21-20(29(23)13-15)22(31)30(24(32)27(21)2)14-16-5-4-6-17(25)11-16/h4-11,15H,12-14H2,1-3H3/t15-/m0/s1. The van der Waals surface area contributed by atoms with E-state index in [0.29, 0.717) is 28.7 Å². The minimum Gasteiger partial charge on any atom is -0.497 e. The molecule has 0 N–H and O–H groups in total. The highest BCUT2D eigenvalue weighted by atomic mass is 35.5. The summed E-state index contributed by atoms with van der Waals surface area (Å²) in [4.78, 5) is 33.5. The summed E-state index contributed by atoms with van der Waals surface area (Å²) >= 11 is 6.11. The quantitative estimate of drug-likeness (QED) is 0.462. The van der Waals surface area contributed by atoms with Gasteiger partial charge in [-0.25, -0.2) is 4.79 Å². The molecule has 0 bridgehead atoms. The van der Waals surface area contributed by atoms with Crippen molar-refractivity contribution in [1.29, 1.82) is 0 Å². The van der Waals surface area contributed by atoms with E-state index < -0.39 is 5.69 Å². The summed E-state index contributed by atoms with van der Waals surface area (Å²) < 4.78 is 9.91. The van der Waals surface area contributed by atoms with Gasteiger partial charge in [0.1, 0.15) is 5.75 Å². The SMILES string of the molecule is COc1ccc(N2C[C@H](C)Cn3c2nc2c3c(=O)n(Cc3cccc(Cl)c3)c(=O)n2C)cc1. The fourth-order valence-corrected chi connectivity index (χ4v) is 4.66. The first-order valence-corrected chi connectivity index (χ1v) is 11.1. The van der Waals surface area contributed by atoms with Crippen LogP contribution in [0.4, 0.5) is 11.6 Å². The number of methoxy groups -OCH3 is 1. The lowest BCUT2D eigenvalue weighted by Crippen LogP contribution is -2.40. The zero-order valence-electron chi connectivity index (χ0n) is 18.7. The van der Waals surface area contributed by atoms with Gasteiger partial charge in [-0.15, -0.1) is 0 Å². The van der Waals surface area contributed by atoms with Crippen molar-refractivity contribution < 1.29 is 4.74 Å². The van der Waals surface area contributed by atoms with Crippen molar-refractivity contribution in [2.45, 2.75) is 20.0 Å². The monoisotopic (exact) mass is 465 g/mol. The molecule has 2 aromatic heterocycles. The third-order valence-electron chi connectivity index (χ3n) is 6.06. The summed E-state index contributed by atoms with van der Waals surface area (Å²) in [6, 6.07) is 14.9. The Bertz CT molecular complexity index is 1470. The van der Waals surface area contributed by atoms with Gasteiger partial charge in [0, 0.05) is 30.8 Å². The number of anilines is 2. The molecule has 33 heavy (non-hydrogen) atoms. The van der Waals surface area contributed by atoms with Crippen LogP contribution in [0.25, 0.3) is 11.2 Å². The van der Waals surface area contributed by atoms with Crippen LogP contribution < -0.4 is 20.9 Å². The van der Waals surface area contributed by atoms with E-state index in [0.717, 1.165) is 23.5 Å². The average molecular weight is 466 g/mol. The summed E-state index contributed by atoms with van der Waals surface area (Å²) in [6.07, 6.45) is 0. The first-order chi connectivity index (χ1) is 15.9. The summed E-state index contributed by atoms with van der Waals surface area (Å²) in [5.74, 6) is 1.69. The van der Waals surface area contributed by atoms with Gasteiger partial charge in [-0.2, -0.15) is 4.98 Å². The van der Waals surface area contributed by atoms with Crippen molar-refractivity contribution in [3.8, 4) is 5.75 Å². The van der Waals surface area contributed by atoms with E-state index in [1.807, 2.05) is 34.9 Å². The predicted molar refractivity (Wildman–Crippen MR) is 129 cm³/mol. The largest absolute Gasteiger partial charge is 0.497 e. The maximum atomic E-state index is 13.6. The second kappa shape index (κ2) is 8.12. The summed E-state index contributed by atoms with van der Waals surface area (Å²) in [7, 11) is 3.28. The highest BCUT2D eigenvalue weighted by Crippen LogP contribution is 2.33. The van der Waals surface area contributed by atoms with Crippen LogP contribution in [0.2, 0.25) is 5.02 Å². The maximum Gasteiger partial charge on any atom is 0.332 e. The van der Waals surface area contributed by atoms with Crippen LogP contribution in [-0.2, 0) is 20.1 Å². The number of fused-ring (bicyclic) bond motifs is 3. The highest BCUT2D eigenvalue weighted by molar-refractivity contribution is 6.30. The molecule has 8 nitrogen and oxygen atoms in total. The molecule has 0 fully saturated rings. The Labute approximate surface area is 195 Å². The van der Waals surface area contributed by atoms with E-state index in [4.69, 9.17) is 21.3 Å². The van der Waals surface area contributed by atoms with Crippen molar-refractivity contribution >= 4 is 34.4 Å². The number of imidazole rings is 1. The normalized spacial score (nSPS) is 15.6. The number of halogens is 1. The van der Waals surface area contributed by atoms with Gasteiger partial charge in [0.15, 0.2) is 11.2 Å². The summed E-state index contributed by atoms with van der Waals surface area (Å²) in [6.45, 7) is 3.67. The van der Waals surface area contributed by atoms with Gasteiger partial charge >= 0.3 is 5.69 Å². The van der Waals surface area contributed by atoms with Gasteiger partial charge in [-0.05, 0) is 47.9 Å². The second-order valence-electron chi connectivity index (χ2n) is 8.47. The van der Waals surface area contributed by atoms with E-state index >= 15 is 0 Å². The summed E-state index contributed by atoms with van der Waals surface area (Å²) in [5, 5.41) is 0.559. The van der Waals surface area contributed by atoms with Crippen molar-refractivity contribution in [2.24, 2.45) is 13.0 Å². The number of benzene rings is 2. The molecule has 2 aromatic carbocycles. The molecule has 3 heterocycles. The van der Waals surface area contributed by atoms with Gasteiger partial charge in [0.05, 0.1) is 13.7 Å². The van der Waals surface area contributed by atoms with Crippen molar-refractivity contribution in [3.63, 3.8) is 0 Å². The number of hydrogen-bond donors (Lipinski definition) is 0. The number of aromatic nitrogens is 4. The fraction of sp³-hybridized carbons (Fsp3) is 0.292. The highest BCUT2D eigenvalue weighted by Gasteiger charge is 2.29. The van der Waals surface area contributed by atoms with Crippen LogP contribution in [-0.4, -0.2) is 32.3 Å². The van der Waals surface area contributed by atoms with Gasteiger partial charge in [0.25, 0.3) is 5.56 Å². The molecule has 9 heteroatoms. The first-order valence-electron chi connectivity index (χ1n) is 10.7. The third-order valence-corrected chi connectivity index (χ3v) is 6.29. The lowest BCUT2D eigenvalue weighted by Gasteiger charge is -2.33. The zero-order valence-corrected chi connectivity index (χ0v) is 19.4. The molecule has 0 aliphatic carbocycles. The molecule has 0 radical (unpaired) electrons. The number of hydrogen-bond acceptors (Lipinski definition) is 5. The molecular weight excluding hydrogens is 442 g/mol. The fourth-order valence-electron chi connectivity index (χ4n) is 4.44. The van der Waals surface area contributed by atoms with Crippen LogP contribution in [0.15, 0.2) is 58.1 Å². The van der Waals surface area contributed by atoms with E-state index in [-0.39, 0.29) is 18.0 Å². The van der Waals surface area contributed by atoms with E-state index in [9.17, 15) is 9.59 Å². The molecule has 0 unspecified atom stereocenters. The third kappa shape index (κ3) is 3.60. The molecule has 0 saturated heterocycles. The minimum atomic E-state index is -0.410. The van der Waals surface area contributed by atoms with Crippen LogP contribution in [0.3, 0.4) is 0 Å².